The summed E-state index contributed by atoms with van der Waals surface area (Å²) in [6.07, 6.45) is 0.961. The summed E-state index contributed by atoms with van der Waals surface area (Å²) < 4.78 is 10.6. The van der Waals surface area contributed by atoms with E-state index in [0.29, 0.717) is 25.0 Å². The van der Waals surface area contributed by atoms with Crippen molar-refractivity contribution in [3.8, 4) is 5.88 Å². The Morgan fingerprint density at radius 3 is 3.06 bits per heavy atom. The fourth-order valence-corrected chi connectivity index (χ4v) is 1.60. The number of pyridine rings is 1. The zero-order chi connectivity index (χ0) is 12.3. The number of anilines is 1. The SMILES string of the molecule is Nc1nc(OCC2CCOC2)ccc1[N+](=O)[O-]. The van der Waals surface area contributed by atoms with Gasteiger partial charge in [-0.05, 0) is 6.42 Å². The van der Waals surface area contributed by atoms with E-state index in [1.165, 1.54) is 12.1 Å². The molecular weight excluding hydrogens is 226 g/mol. The zero-order valence-electron chi connectivity index (χ0n) is 9.17. The fourth-order valence-electron chi connectivity index (χ4n) is 1.60. The van der Waals surface area contributed by atoms with Crippen molar-refractivity contribution in [2.75, 3.05) is 25.6 Å². The summed E-state index contributed by atoms with van der Waals surface area (Å²) in [5.41, 5.74) is 5.24. The van der Waals surface area contributed by atoms with Crippen LogP contribution in [0.1, 0.15) is 6.42 Å². The highest BCUT2D eigenvalue weighted by atomic mass is 16.6. The highest BCUT2D eigenvalue weighted by Crippen LogP contribution is 2.22. The van der Waals surface area contributed by atoms with Crippen LogP contribution in [0.2, 0.25) is 0 Å². The molecule has 2 heterocycles. The van der Waals surface area contributed by atoms with Crippen LogP contribution in [0.15, 0.2) is 12.1 Å². The maximum atomic E-state index is 10.5. The van der Waals surface area contributed by atoms with Crippen molar-refractivity contribution in [2.45, 2.75) is 6.42 Å². The van der Waals surface area contributed by atoms with E-state index in [-0.39, 0.29) is 11.5 Å². The number of nitro groups is 1. The third-order valence-electron chi connectivity index (χ3n) is 2.56. The van der Waals surface area contributed by atoms with Gasteiger partial charge in [0.1, 0.15) is 0 Å². The first kappa shape index (κ1) is 11.6. The number of ether oxygens (including phenoxy) is 2. The average molecular weight is 239 g/mol. The van der Waals surface area contributed by atoms with Crippen molar-refractivity contribution < 1.29 is 14.4 Å². The summed E-state index contributed by atoms with van der Waals surface area (Å²) in [5.74, 6) is 0.531. The number of hydrogen-bond acceptors (Lipinski definition) is 6. The maximum absolute atomic E-state index is 10.5. The Balaban J connectivity index is 1.97. The van der Waals surface area contributed by atoms with Crippen LogP contribution < -0.4 is 10.5 Å². The smallest absolute Gasteiger partial charge is 0.311 e. The van der Waals surface area contributed by atoms with Crippen LogP contribution in [0.4, 0.5) is 11.5 Å². The first-order valence-electron chi connectivity index (χ1n) is 5.28. The van der Waals surface area contributed by atoms with Gasteiger partial charge in [0.15, 0.2) is 0 Å². The Morgan fingerprint density at radius 1 is 1.65 bits per heavy atom. The minimum atomic E-state index is -0.572. The molecule has 0 bridgehead atoms. The largest absolute Gasteiger partial charge is 0.477 e. The highest BCUT2D eigenvalue weighted by molar-refractivity contribution is 5.53. The summed E-state index contributed by atoms with van der Waals surface area (Å²) in [5, 5.41) is 10.5. The van der Waals surface area contributed by atoms with Crippen molar-refractivity contribution >= 4 is 11.5 Å². The monoisotopic (exact) mass is 239 g/mol. The van der Waals surface area contributed by atoms with Gasteiger partial charge >= 0.3 is 5.69 Å². The Kier molecular flexibility index (Phi) is 3.38. The van der Waals surface area contributed by atoms with Gasteiger partial charge in [0, 0.05) is 24.7 Å². The molecule has 0 saturated carbocycles. The average Bonchev–Trinajstić information content (AvgIpc) is 2.78. The predicted molar refractivity (Wildman–Crippen MR) is 59.7 cm³/mol. The molecule has 2 rings (SSSR count). The molecule has 2 N–H and O–H groups in total. The van der Waals surface area contributed by atoms with Gasteiger partial charge in [0.25, 0.3) is 0 Å². The molecule has 0 radical (unpaired) electrons. The fraction of sp³-hybridized carbons (Fsp3) is 0.500. The molecule has 0 aliphatic carbocycles. The second-order valence-corrected chi connectivity index (χ2v) is 3.85. The van der Waals surface area contributed by atoms with Gasteiger partial charge in [-0.3, -0.25) is 10.1 Å². The summed E-state index contributed by atoms with van der Waals surface area (Å²) in [4.78, 5) is 13.8. The molecule has 1 aromatic rings. The minimum Gasteiger partial charge on any atom is -0.477 e. The molecular formula is C10H13N3O4. The van der Waals surface area contributed by atoms with Crippen LogP contribution in [0.5, 0.6) is 5.88 Å². The van der Waals surface area contributed by atoms with Crippen LogP contribution in [0.25, 0.3) is 0 Å². The van der Waals surface area contributed by atoms with Crippen LogP contribution in [0.3, 0.4) is 0 Å². The normalized spacial score (nSPS) is 19.2. The lowest BCUT2D eigenvalue weighted by Crippen LogP contribution is -2.12. The molecule has 92 valence electrons. The molecule has 1 saturated heterocycles. The summed E-state index contributed by atoms with van der Waals surface area (Å²) in [6.45, 7) is 1.93. The Morgan fingerprint density at radius 2 is 2.47 bits per heavy atom. The number of nitrogen functional groups attached to an aromatic ring is 1. The highest BCUT2D eigenvalue weighted by Gasteiger charge is 2.18. The van der Waals surface area contributed by atoms with Crippen LogP contribution in [0, 0.1) is 16.0 Å². The van der Waals surface area contributed by atoms with Crippen molar-refractivity contribution in [3.63, 3.8) is 0 Å². The van der Waals surface area contributed by atoms with Gasteiger partial charge in [0.2, 0.25) is 11.7 Å². The minimum absolute atomic E-state index is 0.129. The molecule has 1 aliphatic heterocycles. The number of nitrogens with zero attached hydrogens (tertiary/aromatic N) is 2. The predicted octanol–water partition coefficient (Wildman–Crippen LogP) is 0.987. The number of rotatable bonds is 4. The van der Waals surface area contributed by atoms with Gasteiger partial charge < -0.3 is 15.2 Å². The Hall–Kier alpha value is -1.89. The number of hydrogen-bond donors (Lipinski definition) is 1. The molecule has 1 unspecified atom stereocenters. The molecule has 7 nitrogen and oxygen atoms in total. The van der Waals surface area contributed by atoms with Gasteiger partial charge in [-0.2, -0.15) is 4.98 Å². The second kappa shape index (κ2) is 4.96. The van der Waals surface area contributed by atoms with Gasteiger partial charge in [-0.1, -0.05) is 0 Å². The van der Waals surface area contributed by atoms with Gasteiger partial charge in [-0.15, -0.1) is 0 Å². The van der Waals surface area contributed by atoms with Crippen molar-refractivity contribution in [1.82, 2.24) is 4.98 Å². The molecule has 7 heteroatoms. The number of aromatic nitrogens is 1. The van der Waals surface area contributed by atoms with E-state index >= 15 is 0 Å². The summed E-state index contributed by atoms with van der Waals surface area (Å²) in [7, 11) is 0. The van der Waals surface area contributed by atoms with Crippen molar-refractivity contribution in [3.05, 3.63) is 22.2 Å². The molecule has 0 spiro atoms. The molecule has 0 amide bonds. The van der Waals surface area contributed by atoms with Crippen LogP contribution in [-0.2, 0) is 4.74 Å². The maximum Gasteiger partial charge on any atom is 0.311 e. The van der Waals surface area contributed by atoms with E-state index in [9.17, 15) is 10.1 Å². The quantitative estimate of drug-likeness (QED) is 0.621. The van der Waals surface area contributed by atoms with Gasteiger partial charge in [-0.25, -0.2) is 0 Å². The third kappa shape index (κ3) is 2.82. The van der Waals surface area contributed by atoms with E-state index in [1.807, 2.05) is 0 Å². The van der Waals surface area contributed by atoms with Crippen molar-refractivity contribution in [1.29, 1.82) is 0 Å². The second-order valence-electron chi connectivity index (χ2n) is 3.85. The molecule has 1 aliphatic rings. The van der Waals surface area contributed by atoms with Crippen LogP contribution >= 0.6 is 0 Å². The summed E-state index contributed by atoms with van der Waals surface area (Å²) in [6, 6.07) is 2.74. The standard InChI is InChI=1S/C10H13N3O4/c11-10-8(13(14)15)1-2-9(12-10)17-6-7-3-4-16-5-7/h1-2,7H,3-6H2,(H2,11,12). The molecule has 1 atom stereocenters. The lowest BCUT2D eigenvalue weighted by atomic mass is 10.1. The molecule has 1 fully saturated rings. The van der Waals surface area contributed by atoms with E-state index in [1.54, 1.807) is 0 Å². The molecule has 1 aromatic heterocycles. The van der Waals surface area contributed by atoms with Gasteiger partial charge in [0.05, 0.1) is 18.1 Å². The van der Waals surface area contributed by atoms with E-state index in [4.69, 9.17) is 15.2 Å². The first-order valence-corrected chi connectivity index (χ1v) is 5.28. The molecule has 0 aromatic carbocycles. The Labute approximate surface area is 97.7 Å². The van der Waals surface area contributed by atoms with E-state index in [2.05, 4.69) is 4.98 Å². The van der Waals surface area contributed by atoms with E-state index < -0.39 is 4.92 Å². The third-order valence-corrected chi connectivity index (χ3v) is 2.56. The summed E-state index contributed by atoms with van der Waals surface area (Å²) >= 11 is 0. The Bertz CT molecular complexity index is 418. The van der Waals surface area contributed by atoms with Crippen LogP contribution in [-0.4, -0.2) is 29.7 Å². The lowest BCUT2D eigenvalue weighted by Gasteiger charge is -2.09. The lowest BCUT2D eigenvalue weighted by molar-refractivity contribution is -0.384. The number of nitrogens with two attached hydrogens (primary N) is 1. The van der Waals surface area contributed by atoms with Crippen molar-refractivity contribution in [2.24, 2.45) is 5.92 Å². The van der Waals surface area contributed by atoms with E-state index in [0.717, 1.165) is 13.0 Å². The topological polar surface area (TPSA) is 101 Å². The first-order chi connectivity index (χ1) is 8.16. The zero-order valence-corrected chi connectivity index (χ0v) is 9.17. The molecule has 17 heavy (non-hydrogen) atoms.